The molecule has 2 rings (SSSR count). The van der Waals surface area contributed by atoms with Crippen LogP contribution < -0.4 is 0 Å². The lowest BCUT2D eigenvalue weighted by atomic mass is 9.99. The Kier molecular flexibility index (Phi) is 10.2. The molecule has 1 aromatic heterocycles. The highest BCUT2D eigenvalue weighted by molar-refractivity contribution is 7.90. The second kappa shape index (κ2) is 12.0. The van der Waals surface area contributed by atoms with Crippen molar-refractivity contribution in [3.05, 3.63) is 54.3 Å². The molecular weight excluding hydrogens is 476 g/mol. The summed E-state index contributed by atoms with van der Waals surface area (Å²) in [6.45, 7) is 8.60. The van der Waals surface area contributed by atoms with E-state index in [0.29, 0.717) is 15.8 Å². The van der Waals surface area contributed by atoms with Gasteiger partial charge in [-0.1, -0.05) is 24.3 Å². The molecule has 0 saturated carbocycles. The Morgan fingerprint density at radius 2 is 1.79 bits per heavy atom. The third-order valence-electron chi connectivity index (χ3n) is 4.51. The van der Waals surface area contributed by atoms with E-state index in [9.17, 15) is 30.8 Å². The van der Waals surface area contributed by atoms with Gasteiger partial charge < -0.3 is 4.74 Å². The number of benzene rings is 1. The molecule has 0 saturated heterocycles. The average Bonchev–Trinajstić information content (AvgIpc) is 3.12. The third-order valence-corrected chi connectivity index (χ3v) is 5.64. The molecule has 0 bridgehead atoms. The first-order valence-corrected chi connectivity index (χ1v) is 12.1. The Labute approximate surface area is 196 Å². The summed E-state index contributed by atoms with van der Waals surface area (Å²) in [5.74, 6) is -0.843. The zero-order valence-electron chi connectivity index (χ0n) is 19.6. The summed E-state index contributed by atoms with van der Waals surface area (Å²) in [5, 5.41) is 4.04. The van der Waals surface area contributed by atoms with Gasteiger partial charge in [0.05, 0.1) is 11.5 Å². The van der Waals surface area contributed by atoms with Crippen LogP contribution in [0.4, 0.5) is 17.6 Å². The smallest absolute Gasteiger partial charge is 0.433 e. The number of hydrogen-bond donors (Lipinski definition) is 0. The number of esters is 1. The minimum absolute atomic E-state index is 0.00252. The predicted molar refractivity (Wildman–Crippen MR) is 122 cm³/mol. The fourth-order valence-electron chi connectivity index (χ4n) is 2.77. The summed E-state index contributed by atoms with van der Waals surface area (Å²) in [7, 11) is -3.46. The van der Waals surface area contributed by atoms with E-state index in [1.807, 2.05) is 0 Å². The second-order valence-corrected chi connectivity index (χ2v) is 9.23. The number of nitrogens with zero attached hydrogens (tertiary/aromatic N) is 2. The molecule has 11 heteroatoms. The molecule has 0 aliphatic rings. The van der Waals surface area contributed by atoms with Crippen molar-refractivity contribution in [1.29, 1.82) is 0 Å². The van der Waals surface area contributed by atoms with Gasteiger partial charge >= 0.3 is 12.1 Å². The van der Waals surface area contributed by atoms with Crippen LogP contribution >= 0.6 is 0 Å². The molecule has 0 fully saturated rings. The van der Waals surface area contributed by atoms with Gasteiger partial charge in [-0.25, -0.2) is 17.5 Å². The van der Waals surface area contributed by atoms with Crippen molar-refractivity contribution in [3.8, 4) is 11.3 Å². The van der Waals surface area contributed by atoms with E-state index in [1.165, 1.54) is 50.3 Å². The maximum absolute atomic E-state index is 13.9. The van der Waals surface area contributed by atoms with E-state index in [0.717, 1.165) is 6.26 Å². The standard InChI is InChI=1S/C19H21F3N2O4S.C4H7F/c1-5-12(3)16-17(13-7-9-14(10-8-13)29(4,26)27)23-24(11-15(25)28-6-2)18(16)19(20,21)22;1-3-4(2)5/h5,7-10H,6,11H2,1-4H3;3-4H,1H2,2H3/b12-5+;. The maximum atomic E-state index is 13.9. The number of carbonyl (C=O) groups excluding carboxylic acids is 1. The largest absolute Gasteiger partial charge is 0.465 e. The number of rotatable bonds is 7. The number of halogens is 4. The lowest BCUT2D eigenvalue weighted by Gasteiger charge is -2.13. The molecular formula is C23H28F4N2O4S. The first kappa shape index (κ1) is 29.1. The van der Waals surface area contributed by atoms with Gasteiger partial charge in [-0.15, -0.1) is 6.58 Å². The fraction of sp³-hybridized carbons (Fsp3) is 0.391. The van der Waals surface area contributed by atoms with Crippen molar-refractivity contribution in [2.75, 3.05) is 12.9 Å². The molecule has 0 spiro atoms. The van der Waals surface area contributed by atoms with Crippen LogP contribution in [0, 0.1) is 0 Å². The number of hydrogen-bond acceptors (Lipinski definition) is 5. The summed E-state index contributed by atoms with van der Waals surface area (Å²) in [6, 6.07) is 5.38. The van der Waals surface area contributed by atoms with Crippen molar-refractivity contribution in [2.45, 2.75) is 51.5 Å². The molecule has 188 valence electrons. The van der Waals surface area contributed by atoms with Gasteiger partial charge in [-0.3, -0.25) is 4.79 Å². The van der Waals surface area contributed by atoms with Crippen molar-refractivity contribution in [1.82, 2.24) is 9.78 Å². The Balaban J connectivity index is 0.00000104. The third kappa shape index (κ3) is 7.82. The van der Waals surface area contributed by atoms with Crippen LogP contribution in [0.5, 0.6) is 0 Å². The number of aromatic nitrogens is 2. The highest BCUT2D eigenvalue weighted by atomic mass is 32.2. The van der Waals surface area contributed by atoms with E-state index >= 15 is 0 Å². The summed E-state index contributed by atoms with van der Waals surface area (Å²) < 4.78 is 81.6. The van der Waals surface area contributed by atoms with Gasteiger partial charge in [0.2, 0.25) is 0 Å². The molecule has 34 heavy (non-hydrogen) atoms. The summed E-state index contributed by atoms with van der Waals surface area (Å²) in [5.41, 5.74) is -0.631. The highest BCUT2D eigenvalue weighted by Crippen LogP contribution is 2.40. The van der Waals surface area contributed by atoms with Gasteiger partial charge in [0.1, 0.15) is 18.4 Å². The number of allylic oxidation sites excluding steroid dienone is 3. The zero-order valence-corrected chi connectivity index (χ0v) is 20.4. The molecule has 1 unspecified atom stereocenters. The predicted octanol–water partition coefficient (Wildman–Crippen LogP) is 5.49. The van der Waals surface area contributed by atoms with E-state index < -0.39 is 40.4 Å². The Morgan fingerprint density at radius 3 is 2.18 bits per heavy atom. The van der Waals surface area contributed by atoms with Gasteiger partial charge in [-0.2, -0.15) is 18.3 Å². The van der Waals surface area contributed by atoms with Gasteiger partial charge in [0.15, 0.2) is 15.5 Å². The molecule has 0 radical (unpaired) electrons. The summed E-state index contributed by atoms with van der Waals surface area (Å²) in [4.78, 5) is 11.8. The van der Waals surface area contributed by atoms with Crippen molar-refractivity contribution in [2.24, 2.45) is 0 Å². The maximum Gasteiger partial charge on any atom is 0.433 e. The minimum Gasteiger partial charge on any atom is -0.465 e. The number of sulfone groups is 1. The SMILES string of the molecule is C/C=C(\C)c1c(-c2ccc(S(C)(=O)=O)cc2)nn(CC(=O)OCC)c1C(F)(F)F.C=CC(C)F. The van der Waals surface area contributed by atoms with Crippen LogP contribution in [0.25, 0.3) is 16.8 Å². The van der Waals surface area contributed by atoms with Crippen molar-refractivity contribution in [3.63, 3.8) is 0 Å². The Morgan fingerprint density at radius 1 is 1.26 bits per heavy atom. The Hall–Kier alpha value is -2.95. The van der Waals surface area contributed by atoms with Gasteiger partial charge in [0.25, 0.3) is 0 Å². The van der Waals surface area contributed by atoms with Crippen LogP contribution in [0.2, 0.25) is 0 Å². The van der Waals surface area contributed by atoms with Crippen LogP contribution in [0.15, 0.2) is 47.9 Å². The first-order valence-electron chi connectivity index (χ1n) is 10.2. The topological polar surface area (TPSA) is 78.3 Å². The fourth-order valence-corrected chi connectivity index (χ4v) is 3.40. The highest BCUT2D eigenvalue weighted by Gasteiger charge is 2.41. The monoisotopic (exact) mass is 504 g/mol. The van der Waals surface area contributed by atoms with E-state index in [1.54, 1.807) is 13.8 Å². The molecule has 1 atom stereocenters. The number of carbonyl (C=O) groups is 1. The lowest BCUT2D eigenvalue weighted by molar-refractivity contribution is -0.149. The molecule has 0 aliphatic carbocycles. The van der Waals surface area contributed by atoms with Gasteiger partial charge in [0, 0.05) is 17.4 Å². The molecule has 1 heterocycles. The second-order valence-electron chi connectivity index (χ2n) is 7.21. The lowest BCUT2D eigenvalue weighted by Crippen LogP contribution is -2.21. The average molecular weight is 505 g/mol. The quantitative estimate of drug-likeness (QED) is 0.283. The molecule has 1 aromatic carbocycles. The molecule has 6 nitrogen and oxygen atoms in total. The van der Waals surface area contributed by atoms with Crippen LogP contribution in [-0.4, -0.2) is 43.2 Å². The summed E-state index contributed by atoms with van der Waals surface area (Å²) in [6.07, 6.45) is -1.83. The van der Waals surface area contributed by atoms with Crippen LogP contribution in [-0.2, 0) is 32.1 Å². The molecule has 2 aromatic rings. The summed E-state index contributed by atoms with van der Waals surface area (Å²) >= 11 is 0. The molecule has 0 aliphatic heterocycles. The van der Waals surface area contributed by atoms with Gasteiger partial charge in [-0.05, 0) is 45.4 Å². The van der Waals surface area contributed by atoms with E-state index in [4.69, 9.17) is 4.74 Å². The minimum atomic E-state index is -4.77. The number of alkyl halides is 4. The van der Waals surface area contributed by atoms with Crippen molar-refractivity contribution >= 4 is 21.4 Å². The van der Waals surface area contributed by atoms with Crippen molar-refractivity contribution < 1.29 is 35.5 Å². The Bertz CT molecular complexity index is 1130. The van der Waals surface area contributed by atoms with Crippen LogP contribution in [0.1, 0.15) is 39.0 Å². The number of ether oxygens (including phenoxy) is 1. The molecule has 0 N–H and O–H groups in total. The first-order chi connectivity index (χ1) is 15.7. The van der Waals surface area contributed by atoms with E-state index in [2.05, 4.69) is 11.7 Å². The zero-order chi connectivity index (χ0) is 26.3. The van der Waals surface area contributed by atoms with Crippen LogP contribution in [0.3, 0.4) is 0 Å². The van der Waals surface area contributed by atoms with E-state index in [-0.39, 0.29) is 22.8 Å². The normalized spacial score (nSPS) is 13.0. The molecule has 0 amide bonds.